The molecule has 3 aromatic rings. The summed E-state index contributed by atoms with van der Waals surface area (Å²) in [5, 5.41) is 15.7. The van der Waals surface area contributed by atoms with Crippen LogP contribution in [0.1, 0.15) is 30.4 Å². The first-order valence-electron chi connectivity index (χ1n) is 13.4. The third-order valence-corrected chi connectivity index (χ3v) is 7.21. The van der Waals surface area contributed by atoms with E-state index in [0.717, 1.165) is 22.0 Å². The second-order valence-electron chi connectivity index (χ2n) is 10.2. The number of benzene rings is 2. The Morgan fingerprint density at radius 2 is 1.68 bits per heavy atom. The predicted octanol–water partition coefficient (Wildman–Crippen LogP) is 0.201. The fourth-order valence-electron chi connectivity index (χ4n) is 5.13. The Morgan fingerprint density at radius 3 is 2.39 bits per heavy atom. The van der Waals surface area contributed by atoms with Crippen LogP contribution >= 0.6 is 0 Å². The number of carboxylic acid groups (broad SMARTS) is 1. The lowest BCUT2D eigenvalue weighted by molar-refractivity contribution is -0.145. The van der Waals surface area contributed by atoms with Gasteiger partial charge in [-0.2, -0.15) is 0 Å². The van der Waals surface area contributed by atoms with E-state index in [1.807, 2.05) is 24.3 Å². The van der Waals surface area contributed by atoms with Gasteiger partial charge in [0, 0.05) is 30.1 Å². The van der Waals surface area contributed by atoms with Gasteiger partial charge in [-0.15, -0.1) is 0 Å². The van der Waals surface area contributed by atoms with E-state index in [2.05, 4.69) is 15.6 Å². The third-order valence-electron chi connectivity index (χ3n) is 7.21. The highest BCUT2D eigenvalue weighted by Crippen LogP contribution is 2.21. The summed E-state index contributed by atoms with van der Waals surface area (Å²) in [6, 6.07) is 11.9. The van der Waals surface area contributed by atoms with Crippen molar-refractivity contribution in [2.45, 2.75) is 56.3 Å². The van der Waals surface area contributed by atoms with Crippen molar-refractivity contribution in [2.75, 3.05) is 6.54 Å². The van der Waals surface area contributed by atoms with Crippen LogP contribution in [0.15, 0.2) is 60.8 Å². The Kier molecular flexibility index (Phi) is 9.35. The highest BCUT2D eigenvalue weighted by molar-refractivity contribution is 5.96. The van der Waals surface area contributed by atoms with Crippen LogP contribution < -0.4 is 22.1 Å². The second kappa shape index (κ2) is 13.1. The van der Waals surface area contributed by atoms with Gasteiger partial charge < -0.3 is 37.1 Å². The number of nitrogens with zero attached hydrogens (tertiary/aromatic N) is 1. The van der Waals surface area contributed by atoms with Gasteiger partial charge >= 0.3 is 5.97 Å². The Balaban J connectivity index is 1.43. The summed E-state index contributed by atoms with van der Waals surface area (Å²) in [6.45, 7) is 0.194. The van der Waals surface area contributed by atoms with Crippen LogP contribution in [-0.2, 0) is 36.8 Å². The number of amides is 4. The average molecular weight is 563 g/mol. The van der Waals surface area contributed by atoms with Gasteiger partial charge in [-0.1, -0.05) is 48.5 Å². The lowest BCUT2D eigenvalue weighted by Crippen LogP contribution is -2.57. The third kappa shape index (κ3) is 7.28. The average Bonchev–Trinajstić information content (AvgIpc) is 3.60. The molecule has 216 valence electrons. The molecule has 1 fully saturated rings. The number of carbonyl (C=O) groups is 5. The monoisotopic (exact) mass is 562 g/mol. The normalized spacial score (nSPS) is 17.0. The Morgan fingerprint density at radius 1 is 0.976 bits per heavy atom. The van der Waals surface area contributed by atoms with E-state index in [9.17, 15) is 29.1 Å². The minimum Gasteiger partial charge on any atom is -0.480 e. The summed E-state index contributed by atoms with van der Waals surface area (Å²) in [6.07, 6.45) is 2.31. The number of aromatic amines is 1. The first-order valence-corrected chi connectivity index (χ1v) is 13.4. The molecule has 0 bridgehead atoms. The van der Waals surface area contributed by atoms with Gasteiger partial charge in [-0.25, -0.2) is 4.79 Å². The minimum atomic E-state index is -1.33. The molecule has 4 amide bonds. The lowest BCUT2D eigenvalue weighted by Gasteiger charge is -2.29. The molecule has 0 spiro atoms. The summed E-state index contributed by atoms with van der Waals surface area (Å²) >= 11 is 0. The SMILES string of the molecule is NC(=O)CC(NC(=O)C(N)Cc1c[nH]c2ccccc12)C(=O)N1CCCC1C(=O)NC(Cc1ccccc1)C(=O)O. The smallest absolute Gasteiger partial charge is 0.326 e. The standard InChI is InChI=1S/C29H34N6O6/c30-20(14-18-16-32-21-10-5-4-9-19(18)21)26(37)33-22(15-25(31)36)28(39)35-12-6-11-24(35)27(38)34-23(29(40)41)13-17-7-2-1-3-8-17/h1-5,7-10,16,20,22-24,32H,6,11-15,30H2,(H2,31,36)(H,33,37)(H,34,38)(H,40,41). The second-order valence-corrected chi connectivity index (χ2v) is 10.2. The van der Waals surface area contributed by atoms with E-state index in [1.165, 1.54) is 4.90 Å². The Hall–Kier alpha value is -4.71. The summed E-state index contributed by atoms with van der Waals surface area (Å²) in [7, 11) is 0. The maximum Gasteiger partial charge on any atom is 0.326 e. The quantitative estimate of drug-likeness (QED) is 0.181. The number of carboxylic acids is 1. The number of rotatable bonds is 12. The van der Waals surface area contributed by atoms with E-state index < -0.39 is 60.2 Å². The summed E-state index contributed by atoms with van der Waals surface area (Å²) in [5.41, 5.74) is 14.0. The number of carbonyl (C=O) groups excluding carboxylic acids is 4. The molecule has 8 N–H and O–H groups in total. The van der Waals surface area contributed by atoms with Gasteiger partial charge in [0.05, 0.1) is 12.5 Å². The number of likely N-dealkylation sites (tertiary alicyclic amines) is 1. The largest absolute Gasteiger partial charge is 0.480 e. The lowest BCUT2D eigenvalue weighted by atomic mass is 10.0. The molecule has 1 saturated heterocycles. The molecule has 4 atom stereocenters. The topological polar surface area (TPSA) is 201 Å². The zero-order valence-electron chi connectivity index (χ0n) is 22.4. The molecule has 41 heavy (non-hydrogen) atoms. The van der Waals surface area contributed by atoms with Gasteiger partial charge in [-0.3, -0.25) is 19.2 Å². The number of hydrogen-bond donors (Lipinski definition) is 6. The van der Waals surface area contributed by atoms with Crippen LogP contribution in [0.2, 0.25) is 0 Å². The number of aliphatic carboxylic acids is 1. The number of H-pyrrole nitrogens is 1. The van der Waals surface area contributed by atoms with Crippen molar-refractivity contribution in [3.8, 4) is 0 Å². The van der Waals surface area contributed by atoms with Crippen LogP contribution in [0.5, 0.6) is 0 Å². The van der Waals surface area contributed by atoms with Crippen molar-refractivity contribution in [3.05, 3.63) is 71.9 Å². The van der Waals surface area contributed by atoms with Crippen molar-refractivity contribution in [1.29, 1.82) is 0 Å². The summed E-state index contributed by atoms with van der Waals surface area (Å²) < 4.78 is 0. The van der Waals surface area contributed by atoms with Gasteiger partial charge in [0.1, 0.15) is 18.1 Å². The van der Waals surface area contributed by atoms with E-state index in [-0.39, 0.29) is 19.4 Å². The van der Waals surface area contributed by atoms with Crippen molar-refractivity contribution >= 4 is 40.5 Å². The molecular formula is C29H34N6O6. The molecule has 2 heterocycles. The minimum absolute atomic E-state index is 0.0667. The summed E-state index contributed by atoms with van der Waals surface area (Å²) in [5.74, 6) is -3.96. The summed E-state index contributed by atoms with van der Waals surface area (Å²) in [4.78, 5) is 67.7. The predicted molar refractivity (Wildman–Crippen MR) is 150 cm³/mol. The first-order chi connectivity index (χ1) is 19.6. The number of fused-ring (bicyclic) bond motifs is 1. The number of para-hydroxylation sites is 1. The van der Waals surface area contributed by atoms with Crippen molar-refractivity contribution in [1.82, 2.24) is 20.5 Å². The number of aromatic nitrogens is 1. The van der Waals surface area contributed by atoms with Crippen molar-refractivity contribution < 1.29 is 29.1 Å². The molecule has 12 heteroatoms. The molecule has 4 rings (SSSR count). The fourth-order valence-corrected chi connectivity index (χ4v) is 5.13. The van der Waals surface area contributed by atoms with E-state index >= 15 is 0 Å². The van der Waals surface area contributed by atoms with Crippen LogP contribution in [-0.4, -0.2) is 75.3 Å². The van der Waals surface area contributed by atoms with Gasteiger partial charge in [0.15, 0.2) is 0 Å². The molecule has 0 radical (unpaired) electrons. The maximum absolute atomic E-state index is 13.5. The molecular weight excluding hydrogens is 528 g/mol. The molecule has 4 unspecified atom stereocenters. The van der Waals surface area contributed by atoms with E-state index in [1.54, 1.807) is 36.5 Å². The molecule has 0 saturated carbocycles. The zero-order chi connectivity index (χ0) is 29.5. The molecule has 2 aromatic carbocycles. The number of nitrogens with two attached hydrogens (primary N) is 2. The number of primary amides is 1. The van der Waals surface area contributed by atoms with E-state index in [4.69, 9.17) is 11.5 Å². The van der Waals surface area contributed by atoms with Gasteiger partial charge in [0.25, 0.3) is 0 Å². The fraction of sp³-hybridized carbons (Fsp3) is 0.345. The molecule has 1 aromatic heterocycles. The van der Waals surface area contributed by atoms with Crippen LogP contribution in [0.3, 0.4) is 0 Å². The number of nitrogens with one attached hydrogen (secondary N) is 3. The number of hydrogen-bond acceptors (Lipinski definition) is 6. The van der Waals surface area contributed by atoms with Crippen LogP contribution in [0.4, 0.5) is 0 Å². The molecule has 1 aliphatic rings. The molecule has 12 nitrogen and oxygen atoms in total. The van der Waals surface area contributed by atoms with Crippen molar-refractivity contribution in [2.24, 2.45) is 11.5 Å². The zero-order valence-corrected chi connectivity index (χ0v) is 22.4. The Labute approximate surface area is 236 Å². The Bertz CT molecular complexity index is 1420. The molecule has 1 aliphatic heterocycles. The van der Waals surface area contributed by atoms with E-state index in [0.29, 0.717) is 12.8 Å². The molecule has 0 aliphatic carbocycles. The maximum atomic E-state index is 13.5. The van der Waals surface area contributed by atoms with Gasteiger partial charge in [-0.05, 0) is 36.5 Å². The van der Waals surface area contributed by atoms with Crippen LogP contribution in [0, 0.1) is 0 Å². The highest BCUT2D eigenvalue weighted by atomic mass is 16.4. The highest BCUT2D eigenvalue weighted by Gasteiger charge is 2.39. The van der Waals surface area contributed by atoms with Gasteiger partial charge in [0.2, 0.25) is 23.6 Å². The van der Waals surface area contributed by atoms with Crippen molar-refractivity contribution in [3.63, 3.8) is 0 Å². The first kappa shape index (κ1) is 29.3. The van der Waals surface area contributed by atoms with Crippen LogP contribution in [0.25, 0.3) is 10.9 Å².